The van der Waals surface area contributed by atoms with E-state index in [1.165, 1.54) is 7.11 Å². The summed E-state index contributed by atoms with van der Waals surface area (Å²) in [6.45, 7) is 3.41. The first-order chi connectivity index (χ1) is 9.06. The van der Waals surface area contributed by atoms with Gasteiger partial charge in [0.05, 0.1) is 26.2 Å². The van der Waals surface area contributed by atoms with Crippen LogP contribution in [0.3, 0.4) is 0 Å². The van der Waals surface area contributed by atoms with E-state index in [4.69, 9.17) is 4.74 Å². The Bertz CT molecular complexity index is 345. The van der Waals surface area contributed by atoms with Crippen molar-refractivity contribution in [2.45, 2.75) is 19.8 Å². The third-order valence-corrected chi connectivity index (χ3v) is 2.92. The first-order valence-corrected chi connectivity index (χ1v) is 6.33. The number of hydrogen-bond acceptors (Lipinski definition) is 6. The number of esters is 1. The average molecular weight is 272 g/mol. The van der Waals surface area contributed by atoms with Crippen LogP contribution in [-0.4, -0.2) is 56.2 Å². The number of likely N-dealkylation sites (tertiary alicyclic amines) is 1. The van der Waals surface area contributed by atoms with Gasteiger partial charge in [-0.15, -0.1) is 0 Å². The van der Waals surface area contributed by atoms with Crippen molar-refractivity contribution in [1.29, 1.82) is 0 Å². The molecule has 1 fully saturated rings. The topological polar surface area (TPSA) is 84.9 Å². The predicted molar refractivity (Wildman–Crippen MR) is 66.3 cm³/mol. The lowest BCUT2D eigenvalue weighted by molar-refractivity contribution is -0.150. The van der Waals surface area contributed by atoms with Crippen LogP contribution in [0.15, 0.2) is 0 Å². The van der Waals surface area contributed by atoms with Crippen LogP contribution < -0.4 is 5.32 Å². The number of ether oxygens (including phenoxy) is 2. The highest BCUT2D eigenvalue weighted by Gasteiger charge is 2.27. The molecule has 1 rings (SSSR count). The van der Waals surface area contributed by atoms with Crippen molar-refractivity contribution in [1.82, 2.24) is 10.2 Å². The van der Waals surface area contributed by atoms with Gasteiger partial charge in [-0.25, -0.2) is 4.79 Å². The van der Waals surface area contributed by atoms with Crippen molar-refractivity contribution in [3.63, 3.8) is 0 Å². The summed E-state index contributed by atoms with van der Waals surface area (Å²) in [7, 11) is 1.19. The molecule has 0 saturated carbocycles. The molecule has 1 heterocycles. The van der Waals surface area contributed by atoms with Gasteiger partial charge in [0.25, 0.3) is 0 Å². The number of nitrogens with one attached hydrogen (secondary N) is 1. The molecule has 1 saturated heterocycles. The lowest BCUT2D eigenvalue weighted by atomic mass is 9.98. The van der Waals surface area contributed by atoms with E-state index >= 15 is 0 Å². The molecular formula is C12H20N2O5. The zero-order valence-electron chi connectivity index (χ0n) is 11.3. The average Bonchev–Trinajstić information content (AvgIpc) is 2.39. The monoisotopic (exact) mass is 272 g/mol. The van der Waals surface area contributed by atoms with Gasteiger partial charge in [0, 0.05) is 6.54 Å². The Kier molecular flexibility index (Phi) is 6.27. The maximum atomic E-state index is 11.6. The maximum absolute atomic E-state index is 11.6. The number of methoxy groups -OCH3 is 1. The zero-order valence-corrected chi connectivity index (χ0v) is 11.3. The highest BCUT2D eigenvalue weighted by Crippen LogP contribution is 2.17. The maximum Gasteiger partial charge on any atom is 0.413 e. The smallest absolute Gasteiger partial charge is 0.413 e. The Morgan fingerprint density at radius 1 is 1.37 bits per heavy atom. The number of alkyl carbamates (subject to hydrolysis) is 1. The van der Waals surface area contributed by atoms with Crippen LogP contribution >= 0.6 is 0 Å². The highest BCUT2D eigenvalue weighted by molar-refractivity contribution is 5.92. The second kappa shape index (κ2) is 7.73. The van der Waals surface area contributed by atoms with E-state index in [0.29, 0.717) is 13.2 Å². The predicted octanol–water partition coefficient (Wildman–Crippen LogP) is 0.144. The number of carbonyl (C=O) groups excluding carboxylic acids is 3. The van der Waals surface area contributed by atoms with Crippen molar-refractivity contribution in [2.24, 2.45) is 5.92 Å². The molecule has 0 bridgehead atoms. The molecule has 0 spiro atoms. The number of imide groups is 1. The molecule has 1 atom stereocenters. The lowest BCUT2D eigenvalue weighted by Gasteiger charge is -2.30. The number of hydrogen-bond donors (Lipinski definition) is 1. The van der Waals surface area contributed by atoms with Crippen LogP contribution in [0.25, 0.3) is 0 Å². The normalized spacial score (nSPS) is 19.6. The fourth-order valence-corrected chi connectivity index (χ4v) is 2.06. The molecule has 0 aromatic rings. The molecule has 19 heavy (non-hydrogen) atoms. The van der Waals surface area contributed by atoms with Gasteiger partial charge in [0.1, 0.15) is 0 Å². The Labute approximate surface area is 112 Å². The van der Waals surface area contributed by atoms with E-state index in [1.807, 2.05) is 4.90 Å². The van der Waals surface area contributed by atoms with Crippen molar-refractivity contribution in [2.75, 3.05) is 33.4 Å². The summed E-state index contributed by atoms with van der Waals surface area (Å²) in [5, 5.41) is 2.09. The van der Waals surface area contributed by atoms with Gasteiger partial charge in [-0.3, -0.25) is 19.8 Å². The first-order valence-electron chi connectivity index (χ1n) is 6.33. The molecule has 2 amide bonds. The third kappa shape index (κ3) is 5.25. The van der Waals surface area contributed by atoms with E-state index in [2.05, 4.69) is 10.1 Å². The molecule has 1 aliphatic rings. The Hall–Kier alpha value is -1.63. The standard InChI is InChI=1S/C12H20N2O5/c1-3-19-11(16)9-5-4-6-14(7-9)8-10(15)13-12(17)18-2/h9H,3-8H2,1-2H3,(H,13,15,17). The molecule has 0 radical (unpaired) electrons. The van der Waals surface area contributed by atoms with E-state index in [9.17, 15) is 14.4 Å². The van der Waals surface area contributed by atoms with Gasteiger partial charge in [0.15, 0.2) is 0 Å². The van der Waals surface area contributed by atoms with Crippen LogP contribution in [0.1, 0.15) is 19.8 Å². The molecule has 0 aromatic carbocycles. The largest absolute Gasteiger partial charge is 0.466 e. The molecule has 1 aliphatic heterocycles. The Balaban J connectivity index is 2.40. The Morgan fingerprint density at radius 3 is 2.74 bits per heavy atom. The van der Waals surface area contributed by atoms with Gasteiger partial charge >= 0.3 is 12.1 Å². The summed E-state index contributed by atoms with van der Waals surface area (Å²) in [4.78, 5) is 35.9. The number of carbonyl (C=O) groups is 3. The van der Waals surface area contributed by atoms with Crippen molar-refractivity contribution >= 4 is 18.0 Å². The van der Waals surface area contributed by atoms with E-state index in [-0.39, 0.29) is 18.4 Å². The summed E-state index contributed by atoms with van der Waals surface area (Å²) in [5.41, 5.74) is 0. The molecule has 1 N–H and O–H groups in total. The molecule has 7 heteroatoms. The highest BCUT2D eigenvalue weighted by atomic mass is 16.5. The van der Waals surface area contributed by atoms with Crippen LogP contribution in [-0.2, 0) is 19.1 Å². The second-order valence-electron chi connectivity index (χ2n) is 4.37. The van der Waals surface area contributed by atoms with Gasteiger partial charge in [-0.1, -0.05) is 0 Å². The summed E-state index contributed by atoms with van der Waals surface area (Å²) in [5.74, 6) is -0.850. The molecule has 1 unspecified atom stereocenters. The van der Waals surface area contributed by atoms with Crippen molar-refractivity contribution in [3.05, 3.63) is 0 Å². The number of piperidine rings is 1. The van der Waals surface area contributed by atoms with Crippen LogP contribution in [0, 0.1) is 5.92 Å². The Morgan fingerprint density at radius 2 is 2.11 bits per heavy atom. The van der Waals surface area contributed by atoms with E-state index in [1.54, 1.807) is 6.92 Å². The van der Waals surface area contributed by atoms with Gasteiger partial charge in [0.2, 0.25) is 5.91 Å². The SMILES string of the molecule is CCOC(=O)C1CCCN(CC(=O)NC(=O)OC)C1. The second-order valence-corrected chi connectivity index (χ2v) is 4.37. The van der Waals surface area contributed by atoms with Crippen LogP contribution in [0.5, 0.6) is 0 Å². The van der Waals surface area contributed by atoms with Gasteiger partial charge in [-0.05, 0) is 26.3 Å². The minimum absolute atomic E-state index is 0.0744. The summed E-state index contributed by atoms with van der Waals surface area (Å²) < 4.78 is 9.31. The van der Waals surface area contributed by atoms with E-state index < -0.39 is 12.0 Å². The van der Waals surface area contributed by atoms with Crippen LogP contribution in [0.4, 0.5) is 4.79 Å². The molecule has 7 nitrogen and oxygen atoms in total. The molecule has 0 aromatic heterocycles. The fourth-order valence-electron chi connectivity index (χ4n) is 2.06. The van der Waals surface area contributed by atoms with Gasteiger partial charge < -0.3 is 9.47 Å². The minimum Gasteiger partial charge on any atom is -0.466 e. The summed E-state index contributed by atoms with van der Waals surface area (Å²) >= 11 is 0. The molecular weight excluding hydrogens is 252 g/mol. The zero-order chi connectivity index (χ0) is 14.3. The van der Waals surface area contributed by atoms with Gasteiger partial charge in [-0.2, -0.15) is 0 Å². The molecule has 108 valence electrons. The van der Waals surface area contributed by atoms with Crippen LogP contribution in [0.2, 0.25) is 0 Å². The van der Waals surface area contributed by atoms with Crippen molar-refractivity contribution < 1.29 is 23.9 Å². The summed E-state index contributed by atoms with van der Waals surface area (Å²) in [6.07, 6.45) is 0.826. The lowest BCUT2D eigenvalue weighted by Crippen LogP contribution is -2.45. The minimum atomic E-state index is -0.774. The van der Waals surface area contributed by atoms with Crippen molar-refractivity contribution in [3.8, 4) is 0 Å². The fraction of sp³-hybridized carbons (Fsp3) is 0.750. The third-order valence-electron chi connectivity index (χ3n) is 2.92. The first kappa shape index (κ1) is 15.4. The number of rotatable bonds is 4. The van der Waals surface area contributed by atoms with E-state index in [0.717, 1.165) is 19.4 Å². The number of amides is 2. The summed E-state index contributed by atoms with van der Waals surface area (Å²) in [6, 6.07) is 0. The quantitative estimate of drug-likeness (QED) is 0.733. The number of nitrogens with zero attached hydrogens (tertiary/aromatic N) is 1. The molecule has 0 aliphatic carbocycles.